The summed E-state index contributed by atoms with van der Waals surface area (Å²) in [6, 6.07) is 20.1. The Morgan fingerprint density at radius 1 is 1.00 bits per heavy atom. The fourth-order valence-corrected chi connectivity index (χ4v) is 3.08. The Morgan fingerprint density at radius 3 is 2.67 bits per heavy atom. The second-order valence-corrected chi connectivity index (χ2v) is 5.89. The molecule has 4 heteroatoms. The van der Waals surface area contributed by atoms with Gasteiger partial charge in [-0.2, -0.15) is 0 Å². The van der Waals surface area contributed by atoms with Gasteiger partial charge in [0, 0.05) is 36.4 Å². The highest BCUT2D eigenvalue weighted by Crippen LogP contribution is 2.28. The van der Waals surface area contributed by atoms with Crippen molar-refractivity contribution in [2.45, 2.75) is 12.5 Å². The zero-order valence-corrected chi connectivity index (χ0v) is 13.1. The van der Waals surface area contributed by atoms with E-state index in [1.807, 2.05) is 30.7 Å². The van der Waals surface area contributed by atoms with Gasteiger partial charge < -0.3 is 9.55 Å². The van der Waals surface area contributed by atoms with E-state index >= 15 is 0 Å². The van der Waals surface area contributed by atoms with Crippen molar-refractivity contribution < 1.29 is 0 Å². The fraction of sp³-hybridized carbons (Fsp3) is 0.100. The molecular formula is C20H17N3O. The Balaban J connectivity index is 1.80. The SMILES string of the molecule is O=c1ccc2cc(C(Cn3ccnc3)c3ccccc3)ccc2[nH]1. The lowest BCUT2D eigenvalue weighted by Gasteiger charge is -2.19. The van der Waals surface area contributed by atoms with Gasteiger partial charge in [0.05, 0.1) is 6.33 Å². The molecule has 1 atom stereocenters. The number of hydrogen-bond acceptors (Lipinski definition) is 2. The van der Waals surface area contributed by atoms with Crippen molar-refractivity contribution in [2.24, 2.45) is 0 Å². The van der Waals surface area contributed by atoms with Gasteiger partial charge in [-0.05, 0) is 34.7 Å². The molecule has 2 aromatic heterocycles. The number of nitrogens with one attached hydrogen (secondary N) is 1. The Hall–Kier alpha value is -3.14. The van der Waals surface area contributed by atoms with Gasteiger partial charge in [-0.25, -0.2) is 4.98 Å². The van der Waals surface area contributed by atoms with E-state index in [4.69, 9.17) is 0 Å². The van der Waals surface area contributed by atoms with Gasteiger partial charge in [0.25, 0.3) is 0 Å². The topological polar surface area (TPSA) is 50.7 Å². The van der Waals surface area contributed by atoms with Crippen LogP contribution in [0.25, 0.3) is 10.9 Å². The highest BCUT2D eigenvalue weighted by molar-refractivity contribution is 5.79. The third-order valence-electron chi connectivity index (χ3n) is 4.30. The first-order valence-electron chi connectivity index (χ1n) is 7.93. The quantitative estimate of drug-likeness (QED) is 0.626. The average Bonchev–Trinajstić information content (AvgIpc) is 3.13. The third-order valence-corrected chi connectivity index (χ3v) is 4.30. The average molecular weight is 315 g/mol. The molecule has 0 aliphatic rings. The Morgan fingerprint density at radius 2 is 1.88 bits per heavy atom. The third kappa shape index (κ3) is 2.86. The van der Waals surface area contributed by atoms with Crippen molar-refractivity contribution in [1.82, 2.24) is 14.5 Å². The molecule has 0 saturated carbocycles. The number of hydrogen-bond donors (Lipinski definition) is 1. The largest absolute Gasteiger partial charge is 0.337 e. The summed E-state index contributed by atoms with van der Waals surface area (Å²) in [4.78, 5) is 18.5. The first-order chi connectivity index (χ1) is 11.8. The molecule has 0 saturated heterocycles. The maximum atomic E-state index is 11.5. The van der Waals surface area contributed by atoms with Crippen LogP contribution in [0, 0.1) is 0 Å². The summed E-state index contributed by atoms with van der Waals surface area (Å²) in [6.45, 7) is 0.818. The van der Waals surface area contributed by atoms with E-state index in [9.17, 15) is 4.79 Å². The van der Waals surface area contributed by atoms with Crippen LogP contribution in [-0.2, 0) is 6.54 Å². The predicted molar refractivity (Wildman–Crippen MR) is 95.1 cm³/mol. The van der Waals surface area contributed by atoms with Crippen LogP contribution in [0.3, 0.4) is 0 Å². The minimum absolute atomic E-state index is 0.0757. The van der Waals surface area contributed by atoms with Gasteiger partial charge in [-0.3, -0.25) is 4.79 Å². The summed E-state index contributed by atoms with van der Waals surface area (Å²) in [5.41, 5.74) is 3.26. The van der Waals surface area contributed by atoms with E-state index in [0.717, 1.165) is 17.4 Å². The second kappa shape index (κ2) is 6.16. The lowest BCUT2D eigenvalue weighted by atomic mass is 9.90. The van der Waals surface area contributed by atoms with E-state index in [1.54, 1.807) is 12.3 Å². The van der Waals surface area contributed by atoms with Crippen LogP contribution in [-0.4, -0.2) is 14.5 Å². The number of H-pyrrole nitrogens is 1. The summed E-state index contributed by atoms with van der Waals surface area (Å²) in [5, 5.41) is 1.04. The van der Waals surface area contributed by atoms with Crippen molar-refractivity contribution in [3.8, 4) is 0 Å². The van der Waals surface area contributed by atoms with Crippen LogP contribution in [0.2, 0.25) is 0 Å². The second-order valence-electron chi connectivity index (χ2n) is 5.89. The normalized spacial score (nSPS) is 12.3. The van der Waals surface area contributed by atoms with Crippen molar-refractivity contribution >= 4 is 10.9 Å². The van der Waals surface area contributed by atoms with E-state index in [0.29, 0.717) is 0 Å². The van der Waals surface area contributed by atoms with Crippen molar-refractivity contribution in [2.75, 3.05) is 0 Å². The van der Waals surface area contributed by atoms with E-state index in [1.165, 1.54) is 11.1 Å². The first kappa shape index (κ1) is 14.5. The fourth-order valence-electron chi connectivity index (χ4n) is 3.08. The molecule has 4 nitrogen and oxygen atoms in total. The predicted octanol–water partition coefficient (Wildman–Crippen LogP) is 3.56. The molecule has 0 aliphatic carbocycles. The molecule has 0 spiro atoms. The lowest BCUT2D eigenvalue weighted by molar-refractivity contribution is 0.624. The maximum absolute atomic E-state index is 11.5. The Bertz CT molecular complexity index is 1000. The van der Waals surface area contributed by atoms with Crippen LogP contribution in [0.1, 0.15) is 17.0 Å². The number of aromatic nitrogens is 3. The number of imidazole rings is 1. The maximum Gasteiger partial charge on any atom is 0.248 e. The van der Waals surface area contributed by atoms with Crippen LogP contribution in [0.5, 0.6) is 0 Å². The molecule has 0 aliphatic heterocycles. The van der Waals surface area contributed by atoms with Gasteiger partial charge in [0.1, 0.15) is 0 Å². The molecule has 4 rings (SSSR count). The first-order valence-corrected chi connectivity index (χ1v) is 7.93. The van der Waals surface area contributed by atoms with E-state index in [2.05, 4.69) is 50.9 Å². The zero-order chi connectivity index (χ0) is 16.4. The summed E-state index contributed by atoms with van der Waals surface area (Å²) in [7, 11) is 0. The lowest BCUT2D eigenvalue weighted by Crippen LogP contribution is -2.10. The van der Waals surface area contributed by atoms with Crippen LogP contribution in [0.4, 0.5) is 0 Å². The van der Waals surface area contributed by atoms with Gasteiger partial charge >= 0.3 is 0 Å². The molecule has 1 unspecified atom stereocenters. The van der Waals surface area contributed by atoms with E-state index in [-0.39, 0.29) is 11.5 Å². The molecule has 2 heterocycles. The summed E-state index contributed by atoms with van der Waals surface area (Å²) in [6.07, 6.45) is 5.62. The smallest absolute Gasteiger partial charge is 0.248 e. The number of nitrogens with zero attached hydrogens (tertiary/aromatic N) is 2. The molecule has 118 valence electrons. The van der Waals surface area contributed by atoms with E-state index < -0.39 is 0 Å². The minimum Gasteiger partial charge on any atom is -0.337 e. The standard InChI is InChI=1S/C20H17N3O/c24-20-9-7-17-12-16(6-8-19(17)22-20)18(13-23-11-10-21-14-23)15-4-2-1-3-5-15/h1-12,14,18H,13H2,(H,22,24). The molecule has 4 aromatic rings. The van der Waals surface area contributed by atoms with Crippen LogP contribution in [0.15, 0.2) is 84.2 Å². The Kier molecular flexibility index (Phi) is 3.71. The minimum atomic E-state index is -0.0757. The number of aromatic amines is 1. The monoisotopic (exact) mass is 315 g/mol. The number of fused-ring (bicyclic) bond motifs is 1. The van der Waals surface area contributed by atoms with Crippen LogP contribution < -0.4 is 5.56 Å². The summed E-state index contributed by atoms with van der Waals surface area (Å²) >= 11 is 0. The summed E-state index contributed by atoms with van der Waals surface area (Å²) < 4.78 is 2.09. The van der Waals surface area contributed by atoms with Crippen molar-refractivity contribution in [1.29, 1.82) is 0 Å². The number of rotatable bonds is 4. The highest BCUT2D eigenvalue weighted by atomic mass is 16.1. The molecular weight excluding hydrogens is 298 g/mol. The van der Waals surface area contributed by atoms with Gasteiger partial charge in [-0.1, -0.05) is 36.4 Å². The molecule has 0 amide bonds. The number of pyridine rings is 1. The molecule has 0 radical (unpaired) electrons. The molecule has 24 heavy (non-hydrogen) atoms. The van der Waals surface area contributed by atoms with Crippen LogP contribution >= 0.6 is 0 Å². The van der Waals surface area contributed by atoms with Crippen molar-refractivity contribution in [3.05, 3.63) is 101 Å². The van der Waals surface area contributed by atoms with Gasteiger partial charge in [-0.15, -0.1) is 0 Å². The Labute approximate surface area is 139 Å². The molecule has 1 N–H and O–H groups in total. The molecule has 0 fully saturated rings. The zero-order valence-electron chi connectivity index (χ0n) is 13.1. The number of benzene rings is 2. The van der Waals surface area contributed by atoms with Gasteiger partial charge in [0.2, 0.25) is 5.56 Å². The molecule has 2 aromatic carbocycles. The summed E-state index contributed by atoms with van der Waals surface area (Å²) in [5.74, 6) is 0.219. The van der Waals surface area contributed by atoms with Crippen molar-refractivity contribution in [3.63, 3.8) is 0 Å². The highest BCUT2D eigenvalue weighted by Gasteiger charge is 2.15. The van der Waals surface area contributed by atoms with Gasteiger partial charge in [0.15, 0.2) is 0 Å². The molecule has 0 bridgehead atoms.